The van der Waals surface area contributed by atoms with Crippen molar-refractivity contribution in [1.29, 1.82) is 0 Å². The van der Waals surface area contributed by atoms with Crippen LogP contribution in [-0.4, -0.2) is 36.5 Å². The van der Waals surface area contributed by atoms with Crippen molar-refractivity contribution in [2.75, 3.05) is 26.5 Å². The van der Waals surface area contributed by atoms with Crippen LogP contribution in [0, 0.1) is 11.7 Å². The summed E-state index contributed by atoms with van der Waals surface area (Å²) >= 11 is 0. The van der Waals surface area contributed by atoms with Crippen LogP contribution in [0.5, 0.6) is 5.75 Å². The minimum atomic E-state index is -0.247. The van der Waals surface area contributed by atoms with Gasteiger partial charge in [-0.1, -0.05) is 0 Å². The minimum Gasteiger partial charge on any atom is -0.467 e. The van der Waals surface area contributed by atoms with Crippen molar-refractivity contribution in [2.24, 2.45) is 5.92 Å². The highest BCUT2D eigenvalue weighted by Crippen LogP contribution is 2.31. The van der Waals surface area contributed by atoms with Crippen molar-refractivity contribution in [3.8, 4) is 5.75 Å². The molecular formula is C15H20FNO3. The van der Waals surface area contributed by atoms with Gasteiger partial charge in [-0.2, -0.15) is 0 Å². The fourth-order valence-corrected chi connectivity index (χ4v) is 3.06. The standard InChI is InChI=1S/C15H20FNO3/c16-14-4-12(15-13(5-14)9-19-10-20-15)7-17-3-1-2-11(6-17)8-18/h4-5,11,18H,1-3,6-10H2. The molecule has 3 rings (SSSR count). The van der Waals surface area contributed by atoms with Crippen LogP contribution >= 0.6 is 0 Å². The molecule has 4 nitrogen and oxygen atoms in total. The van der Waals surface area contributed by atoms with Gasteiger partial charge in [-0.15, -0.1) is 0 Å². The van der Waals surface area contributed by atoms with Crippen molar-refractivity contribution >= 4 is 0 Å². The molecule has 20 heavy (non-hydrogen) atoms. The van der Waals surface area contributed by atoms with Crippen LogP contribution in [0.4, 0.5) is 4.39 Å². The first-order valence-electron chi connectivity index (χ1n) is 7.11. The number of nitrogens with zero attached hydrogens (tertiary/aromatic N) is 1. The molecule has 0 aromatic heterocycles. The maximum absolute atomic E-state index is 13.7. The highest BCUT2D eigenvalue weighted by molar-refractivity contribution is 5.42. The average Bonchev–Trinajstić information content (AvgIpc) is 2.47. The molecule has 5 heteroatoms. The summed E-state index contributed by atoms with van der Waals surface area (Å²) in [6.45, 7) is 3.36. The Kier molecular flexibility index (Phi) is 4.19. The Balaban J connectivity index is 1.78. The highest BCUT2D eigenvalue weighted by Gasteiger charge is 2.22. The zero-order valence-corrected chi connectivity index (χ0v) is 11.5. The third-order valence-electron chi connectivity index (χ3n) is 4.01. The van der Waals surface area contributed by atoms with Gasteiger partial charge in [0, 0.05) is 30.8 Å². The Bertz CT molecular complexity index is 480. The van der Waals surface area contributed by atoms with Gasteiger partial charge in [0.05, 0.1) is 6.61 Å². The van der Waals surface area contributed by atoms with Crippen LogP contribution in [0.1, 0.15) is 24.0 Å². The van der Waals surface area contributed by atoms with E-state index in [0.29, 0.717) is 19.1 Å². The molecule has 1 fully saturated rings. The molecule has 110 valence electrons. The fraction of sp³-hybridized carbons (Fsp3) is 0.600. The number of aliphatic hydroxyl groups is 1. The number of halogens is 1. The number of fused-ring (bicyclic) bond motifs is 1. The van der Waals surface area contributed by atoms with Gasteiger partial charge in [0.25, 0.3) is 0 Å². The van der Waals surface area contributed by atoms with Crippen LogP contribution in [0.15, 0.2) is 12.1 Å². The predicted octanol–water partition coefficient (Wildman–Crippen LogP) is 1.90. The Morgan fingerprint density at radius 3 is 3.15 bits per heavy atom. The molecule has 2 aliphatic heterocycles. The number of benzene rings is 1. The van der Waals surface area contributed by atoms with Crippen molar-refractivity contribution in [1.82, 2.24) is 4.90 Å². The first kappa shape index (κ1) is 13.8. The van der Waals surface area contributed by atoms with Gasteiger partial charge in [0.2, 0.25) is 0 Å². The van der Waals surface area contributed by atoms with Crippen LogP contribution in [0.25, 0.3) is 0 Å². The number of rotatable bonds is 3. The summed E-state index contributed by atoms with van der Waals surface area (Å²) in [7, 11) is 0. The molecular weight excluding hydrogens is 261 g/mol. The number of hydrogen-bond acceptors (Lipinski definition) is 4. The molecule has 0 spiro atoms. The lowest BCUT2D eigenvalue weighted by molar-refractivity contribution is -0.0179. The third kappa shape index (κ3) is 2.95. The van der Waals surface area contributed by atoms with Crippen molar-refractivity contribution in [3.63, 3.8) is 0 Å². The number of hydrogen-bond donors (Lipinski definition) is 1. The molecule has 2 heterocycles. The van der Waals surface area contributed by atoms with Crippen LogP contribution in [0.2, 0.25) is 0 Å². The van der Waals surface area contributed by atoms with E-state index in [1.54, 1.807) is 6.07 Å². The zero-order chi connectivity index (χ0) is 13.9. The van der Waals surface area contributed by atoms with E-state index in [1.807, 2.05) is 0 Å². The minimum absolute atomic E-state index is 0.224. The number of piperidine rings is 1. The maximum Gasteiger partial charge on any atom is 0.189 e. The lowest BCUT2D eigenvalue weighted by Gasteiger charge is -2.32. The zero-order valence-electron chi connectivity index (χ0n) is 11.5. The molecule has 1 N–H and O–H groups in total. The van der Waals surface area contributed by atoms with Gasteiger partial charge in [0.15, 0.2) is 6.79 Å². The van der Waals surface area contributed by atoms with Crippen molar-refractivity contribution < 1.29 is 19.0 Å². The number of ether oxygens (including phenoxy) is 2. The van der Waals surface area contributed by atoms with E-state index in [4.69, 9.17) is 9.47 Å². The van der Waals surface area contributed by atoms with E-state index in [1.165, 1.54) is 6.07 Å². The first-order chi connectivity index (χ1) is 9.76. The molecule has 1 aromatic carbocycles. The quantitative estimate of drug-likeness (QED) is 0.919. The molecule has 1 aromatic rings. The number of aliphatic hydroxyl groups excluding tert-OH is 1. The van der Waals surface area contributed by atoms with E-state index in [2.05, 4.69) is 4.90 Å². The monoisotopic (exact) mass is 281 g/mol. The Labute approximate surface area is 118 Å². The summed E-state index contributed by atoms with van der Waals surface area (Å²) in [5.41, 5.74) is 1.66. The summed E-state index contributed by atoms with van der Waals surface area (Å²) in [6, 6.07) is 3.03. The van der Waals surface area contributed by atoms with E-state index in [9.17, 15) is 9.50 Å². The smallest absolute Gasteiger partial charge is 0.189 e. The summed E-state index contributed by atoms with van der Waals surface area (Å²) in [6.07, 6.45) is 2.14. The van der Waals surface area contributed by atoms with Gasteiger partial charge >= 0.3 is 0 Å². The molecule has 2 aliphatic rings. The summed E-state index contributed by atoms with van der Waals surface area (Å²) in [5.74, 6) is 0.852. The first-order valence-corrected chi connectivity index (χ1v) is 7.11. The van der Waals surface area contributed by atoms with Gasteiger partial charge in [-0.3, -0.25) is 4.90 Å². The molecule has 1 unspecified atom stereocenters. The fourth-order valence-electron chi connectivity index (χ4n) is 3.06. The Hall–Kier alpha value is -1.17. The van der Waals surface area contributed by atoms with Gasteiger partial charge in [-0.05, 0) is 37.4 Å². The molecule has 0 aliphatic carbocycles. The molecule has 1 atom stereocenters. The van der Waals surface area contributed by atoms with Crippen LogP contribution in [-0.2, 0) is 17.9 Å². The van der Waals surface area contributed by atoms with Crippen molar-refractivity contribution in [2.45, 2.75) is 26.0 Å². The third-order valence-corrected chi connectivity index (χ3v) is 4.01. The second kappa shape index (κ2) is 6.08. The molecule has 1 saturated heterocycles. The number of likely N-dealkylation sites (tertiary alicyclic amines) is 1. The van der Waals surface area contributed by atoms with E-state index < -0.39 is 0 Å². The second-order valence-electron chi connectivity index (χ2n) is 5.59. The lowest BCUT2D eigenvalue weighted by atomic mass is 9.98. The van der Waals surface area contributed by atoms with E-state index in [-0.39, 0.29) is 19.2 Å². The summed E-state index contributed by atoms with van der Waals surface area (Å²) < 4.78 is 24.4. The second-order valence-corrected chi connectivity index (χ2v) is 5.59. The van der Waals surface area contributed by atoms with E-state index in [0.717, 1.165) is 42.8 Å². The van der Waals surface area contributed by atoms with E-state index >= 15 is 0 Å². The van der Waals surface area contributed by atoms with Gasteiger partial charge < -0.3 is 14.6 Å². The predicted molar refractivity (Wildman–Crippen MR) is 71.8 cm³/mol. The highest BCUT2D eigenvalue weighted by atomic mass is 19.1. The summed E-state index contributed by atoms with van der Waals surface area (Å²) in [5, 5.41) is 9.28. The lowest BCUT2D eigenvalue weighted by Crippen LogP contribution is -2.36. The molecule has 0 bridgehead atoms. The SMILES string of the molecule is OCC1CCCN(Cc2cc(F)cc3c2OCOC3)C1. The molecule has 0 amide bonds. The molecule has 0 radical (unpaired) electrons. The average molecular weight is 281 g/mol. The van der Waals surface area contributed by atoms with Crippen molar-refractivity contribution in [3.05, 3.63) is 29.1 Å². The van der Waals surface area contributed by atoms with Crippen LogP contribution in [0.3, 0.4) is 0 Å². The Morgan fingerprint density at radius 1 is 1.40 bits per heavy atom. The normalized spacial score (nSPS) is 23.2. The Morgan fingerprint density at radius 2 is 2.30 bits per heavy atom. The molecule has 0 saturated carbocycles. The topological polar surface area (TPSA) is 41.9 Å². The van der Waals surface area contributed by atoms with Gasteiger partial charge in [0.1, 0.15) is 11.6 Å². The largest absolute Gasteiger partial charge is 0.467 e. The van der Waals surface area contributed by atoms with Gasteiger partial charge in [-0.25, -0.2) is 4.39 Å². The van der Waals surface area contributed by atoms with Crippen LogP contribution < -0.4 is 4.74 Å². The summed E-state index contributed by atoms with van der Waals surface area (Å²) in [4.78, 5) is 2.26. The maximum atomic E-state index is 13.7.